The van der Waals surface area contributed by atoms with Crippen molar-refractivity contribution in [2.24, 2.45) is 0 Å². The fourth-order valence-electron chi connectivity index (χ4n) is 4.49. The van der Waals surface area contributed by atoms with Gasteiger partial charge in [-0.25, -0.2) is 9.18 Å². The quantitative estimate of drug-likeness (QED) is 0.450. The molecule has 4 rings (SSSR count). The summed E-state index contributed by atoms with van der Waals surface area (Å²) in [6, 6.07) is 12.7. The van der Waals surface area contributed by atoms with Gasteiger partial charge >= 0.3 is 6.03 Å². The summed E-state index contributed by atoms with van der Waals surface area (Å²) in [6.45, 7) is 3.97. The maximum absolute atomic E-state index is 13.1. The Morgan fingerprint density at radius 2 is 1.69 bits per heavy atom. The Balaban J connectivity index is 1.27. The number of halogens is 1. The van der Waals surface area contributed by atoms with Crippen molar-refractivity contribution in [3.63, 3.8) is 0 Å². The molecule has 2 aromatic carbocycles. The smallest absolute Gasteiger partial charge is 0.315 e. The molecule has 3 aromatic rings. The fraction of sp³-hybridized carbons (Fsp3) is 0.370. The highest BCUT2D eigenvalue weighted by atomic mass is 19.1. The molecule has 0 aliphatic carbocycles. The second-order valence-electron chi connectivity index (χ2n) is 9.04. The molecule has 0 radical (unpaired) electrons. The van der Waals surface area contributed by atoms with Gasteiger partial charge in [-0.2, -0.15) is 0 Å². The molecule has 190 valence electrons. The van der Waals surface area contributed by atoms with Crippen LogP contribution in [-0.4, -0.2) is 64.9 Å². The average molecular weight is 494 g/mol. The molecule has 1 saturated heterocycles. The van der Waals surface area contributed by atoms with Crippen LogP contribution in [0.5, 0.6) is 0 Å². The summed E-state index contributed by atoms with van der Waals surface area (Å²) in [4.78, 5) is 45.2. The minimum Gasteiger partial charge on any atom is -0.361 e. The molecule has 1 aliphatic heterocycles. The molecule has 0 bridgehead atoms. The van der Waals surface area contributed by atoms with E-state index in [-0.39, 0.29) is 24.2 Å². The molecule has 8 nitrogen and oxygen atoms in total. The number of carbonyl (C=O) groups excluding carboxylic acids is 3. The van der Waals surface area contributed by atoms with Crippen LogP contribution in [0.15, 0.2) is 54.7 Å². The van der Waals surface area contributed by atoms with Crippen LogP contribution in [0.3, 0.4) is 0 Å². The molecule has 0 spiro atoms. The fourth-order valence-corrected chi connectivity index (χ4v) is 4.49. The van der Waals surface area contributed by atoms with Gasteiger partial charge in [0, 0.05) is 49.8 Å². The van der Waals surface area contributed by atoms with Crippen LogP contribution in [0, 0.1) is 5.82 Å². The van der Waals surface area contributed by atoms with E-state index in [0.29, 0.717) is 39.0 Å². The van der Waals surface area contributed by atoms with E-state index < -0.39 is 12.1 Å². The molecule has 1 aromatic heterocycles. The summed E-state index contributed by atoms with van der Waals surface area (Å²) >= 11 is 0. The van der Waals surface area contributed by atoms with E-state index in [1.807, 2.05) is 37.4 Å². The molecule has 9 heteroatoms. The predicted molar refractivity (Wildman–Crippen MR) is 136 cm³/mol. The standard InChI is InChI=1S/C27H32FN5O3/c1-2-5-24(31-27(36)30-17-19-8-10-21(28)11-9-19)26(35)33-14-12-32(13-15-33)25(34)16-20-18-29-23-7-4-3-6-22(20)23/h3-4,6-11,18,24,29H,2,5,12-17H2,1H3,(H2,30,31,36). The minimum absolute atomic E-state index is 0.0373. The van der Waals surface area contributed by atoms with E-state index >= 15 is 0 Å². The van der Waals surface area contributed by atoms with Crippen LogP contribution in [0.4, 0.5) is 9.18 Å². The van der Waals surface area contributed by atoms with E-state index in [2.05, 4.69) is 15.6 Å². The van der Waals surface area contributed by atoms with E-state index in [1.165, 1.54) is 12.1 Å². The van der Waals surface area contributed by atoms with Gasteiger partial charge in [-0.05, 0) is 35.7 Å². The number of nitrogens with one attached hydrogen (secondary N) is 3. The molecule has 1 fully saturated rings. The van der Waals surface area contributed by atoms with Gasteiger partial charge in [0.2, 0.25) is 11.8 Å². The third-order valence-electron chi connectivity index (χ3n) is 6.51. The second kappa shape index (κ2) is 11.7. The SMILES string of the molecule is CCCC(NC(=O)NCc1ccc(F)cc1)C(=O)N1CCN(C(=O)Cc2c[nH]c3ccccc23)CC1. The number of rotatable bonds is 8. The van der Waals surface area contributed by atoms with E-state index in [9.17, 15) is 18.8 Å². The average Bonchev–Trinajstić information content (AvgIpc) is 3.30. The number of para-hydroxylation sites is 1. The Hall–Kier alpha value is -3.88. The monoisotopic (exact) mass is 493 g/mol. The minimum atomic E-state index is -0.642. The van der Waals surface area contributed by atoms with Crippen molar-refractivity contribution < 1.29 is 18.8 Å². The van der Waals surface area contributed by atoms with Crippen LogP contribution < -0.4 is 10.6 Å². The lowest BCUT2D eigenvalue weighted by Crippen LogP contribution is -2.56. The molecule has 1 aliphatic rings. The van der Waals surface area contributed by atoms with Crippen molar-refractivity contribution in [1.82, 2.24) is 25.4 Å². The first-order valence-corrected chi connectivity index (χ1v) is 12.3. The van der Waals surface area contributed by atoms with Crippen molar-refractivity contribution in [3.8, 4) is 0 Å². The largest absolute Gasteiger partial charge is 0.361 e. The number of amides is 4. The normalized spacial score (nSPS) is 14.5. The second-order valence-corrected chi connectivity index (χ2v) is 9.04. The number of aromatic nitrogens is 1. The van der Waals surface area contributed by atoms with Gasteiger partial charge in [0.05, 0.1) is 6.42 Å². The van der Waals surface area contributed by atoms with Gasteiger partial charge in [-0.1, -0.05) is 43.7 Å². The Kier molecular flexibility index (Phi) is 8.20. The van der Waals surface area contributed by atoms with E-state index in [0.717, 1.165) is 28.5 Å². The molecule has 1 unspecified atom stereocenters. The van der Waals surface area contributed by atoms with E-state index in [1.54, 1.807) is 21.9 Å². The molecule has 4 amide bonds. The van der Waals surface area contributed by atoms with Crippen molar-refractivity contribution >= 4 is 28.7 Å². The first-order chi connectivity index (χ1) is 17.4. The van der Waals surface area contributed by atoms with Gasteiger partial charge in [0.25, 0.3) is 0 Å². The van der Waals surface area contributed by atoms with Gasteiger partial charge < -0.3 is 25.4 Å². The number of H-pyrrole nitrogens is 1. The number of fused-ring (bicyclic) bond motifs is 1. The molecule has 2 heterocycles. The lowest BCUT2D eigenvalue weighted by atomic mass is 10.1. The zero-order valence-corrected chi connectivity index (χ0v) is 20.4. The van der Waals surface area contributed by atoms with Crippen molar-refractivity contribution in [1.29, 1.82) is 0 Å². The Morgan fingerprint density at radius 3 is 2.42 bits per heavy atom. The third kappa shape index (κ3) is 6.21. The molecule has 36 heavy (non-hydrogen) atoms. The Morgan fingerprint density at radius 1 is 1.00 bits per heavy atom. The molecule has 3 N–H and O–H groups in total. The number of benzene rings is 2. The van der Waals surface area contributed by atoms with Crippen molar-refractivity contribution in [2.45, 2.75) is 38.8 Å². The maximum Gasteiger partial charge on any atom is 0.315 e. The van der Waals surface area contributed by atoms with Gasteiger partial charge in [0.15, 0.2) is 0 Å². The summed E-state index contributed by atoms with van der Waals surface area (Å²) in [5, 5.41) is 6.55. The van der Waals surface area contributed by atoms with Gasteiger partial charge in [0.1, 0.15) is 11.9 Å². The van der Waals surface area contributed by atoms with Crippen LogP contribution in [0.1, 0.15) is 30.9 Å². The number of carbonyl (C=O) groups is 3. The first kappa shape index (κ1) is 25.2. The molecular weight excluding hydrogens is 461 g/mol. The topological polar surface area (TPSA) is 97.5 Å². The Bertz CT molecular complexity index is 1200. The summed E-state index contributed by atoms with van der Waals surface area (Å²) < 4.78 is 13.1. The lowest BCUT2D eigenvalue weighted by molar-refractivity contribution is -0.140. The summed E-state index contributed by atoms with van der Waals surface area (Å²) in [5.41, 5.74) is 2.73. The van der Waals surface area contributed by atoms with Gasteiger partial charge in [-0.3, -0.25) is 9.59 Å². The zero-order chi connectivity index (χ0) is 25.5. The van der Waals surface area contributed by atoms with Crippen LogP contribution in [0.25, 0.3) is 10.9 Å². The molecular formula is C27H32FN5O3. The lowest BCUT2D eigenvalue weighted by Gasteiger charge is -2.36. The highest BCUT2D eigenvalue weighted by Crippen LogP contribution is 2.19. The number of hydrogen-bond donors (Lipinski definition) is 3. The zero-order valence-electron chi connectivity index (χ0n) is 20.4. The maximum atomic E-state index is 13.1. The number of hydrogen-bond acceptors (Lipinski definition) is 3. The highest BCUT2D eigenvalue weighted by Gasteiger charge is 2.29. The molecule has 0 saturated carbocycles. The van der Waals surface area contributed by atoms with Crippen LogP contribution >= 0.6 is 0 Å². The summed E-state index contributed by atoms with van der Waals surface area (Å²) in [6.07, 6.45) is 3.44. The van der Waals surface area contributed by atoms with Crippen molar-refractivity contribution in [2.75, 3.05) is 26.2 Å². The first-order valence-electron chi connectivity index (χ1n) is 12.3. The number of aromatic amines is 1. The summed E-state index contributed by atoms with van der Waals surface area (Å²) in [5.74, 6) is -0.440. The number of piperazine rings is 1. The number of urea groups is 1. The number of nitrogens with zero attached hydrogens (tertiary/aromatic N) is 2. The van der Waals surface area contributed by atoms with Gasteiger partial charge in [-0.15, -0.1) is 0 Å². The third-order valence-corrected chi connectivity index (χ3v) is 6.51. The van der Waals surface area contributed by atoms with E-state index in [4.69, 9.17) is 0 Å². The van der Waals surface area contributed by atoms with Crippen molar-refractivity contribution in [3.05, 3.63) is 71.7 Å². The highest BCUT2D eigenvalue weighted by molar-refractivity contribution is 5.89. The van der Waals surface area contributed by atoms with Crippen LogP contribution in [-0.2, 0) is 22.6 Å². The predicted octanol–water partition coefficient (Wildman–Crippen LogP) is 3.19. The molecule has 1 atom stereocenters. The Labute approximate surface area is 209 Å². The summed E-state index contributed by atoms with van der Waals surface area (Å²) in [7, 11) is 0. The van der Waals surface area contributed by atoms with Crippen LogP contribution in [0.2, 0.25) is 0 Å².